The van der Waals surface area contributed by atoms with E-state index in [1.807, 2.05) is 30.3 Å². The molecule has 1 aromatic carbocycles. The Balaban J connectivity index is 2.51. The average Bonchev–Trinajstić information content (AvgIpc) is 2.21. The summed E-state index contributed by atoms with van der Waals surface area (Å²) in [6, 6.07) is 6.12. The molecule has 13 heavy (non-hydrogen) atoms. The Hall–Kier alpha value is -1.44. The van der Waals surface area contributed by atoms with Crippen LogP contribution in [0.1, 0.15) is 11.1 Å². The molecule has 0 N–H and O–H groups in total. The Morgan fingerprint density at radius 1 is 1.23 bits per heavy atom. The van der Waals surface area contributed by atoms with Gasteiger partial charge in [0.15, 0.2) is 0 Å². The van der Waals surface area contributed by atoms with Crippen molar-refractivity contribution in [2.45, 2.75) is 6.92 Å². The lowest BCUT2D eigenvalue weighted by Crippen LogP contribution is -1.99. The number of hydrogen-bond acceptors (Lipinski definition) is 1. The van der Waals surface area contributed by atoms with Crippen LogP contribution in [0.25, 0.3) is 6.08 Å². The smallest absolute Gasteiger partial charge is 0.366 e. The molecule has 1 aliphatic heterocycles. The molecule has 0 aromatic heterocycles. The maximum Gasteiger partial charge on any atom is 0.366 e. The lowest BCUT2D eigenvalue weighted by molar-refractivity contribution is 0.598. The quantitative estimate of drug-likeness (QED) is 0.542. The van der Waals surface area contributed by atoms with Gasteiger partial charge in [-0.25, -0.2) is 0 Å². The van der Waals surface area contributed by atoms with Crippen LogP contribution in [-0.2, 0) is 0 Å². The number of hydrogen-bond donors (Lipinski definition) is 0. The first-order valence-electron chi connectivity index (χ1n) is 4.43. The molecule has 0 unspecified atom stereocenters. The van der Waals surface area contributed by atoms with Crippen molar-refractivity contribution in [3.63, 3.8) is 0 Å². The monoisotopic (exact) mass is 170 g/mol. The van der Waals surface area contributed by atoms with Gasteiger partial charge in [-0.05, 0) is 24.1 Å². The molecule has 0 fully saturated rings. The van der Waals surface area contributed by atoms with Gasteiger partial charge in [-0.15, -0.1) is 0 Å². The SMILES string of the molecule is Cc1c2cccc1OB/C=C/C=C\2. The molecule has 0 aliphatic carbocycles. The molecule has 2 bridgehead atoms. The number of fused-ring (bicyclic) bond motifs is 2. The van der Waals surface area contributed by atoms with E-state index in [2.05, 4.69) is 19.1 Å². The van der Waals surface area contributed by atoms with Crippen LogP contribution in [-0.4, -0.2) is 7.48 Å². The molecule has 0 atom stereocenters. The van der Waals surface area contributed by atoms with Gasteiger partial charge in [-0.2, -0.15) is 0 Å². The Morgan fingerprint density at radius 3 is 3.08 bits per heavy atom. The molecule has 0 radical (unpaired) electrons. The third-order valence-corrected chi connectivity index (χ3v) is 2.18. The molecular weight excluding hydrogens is 159 g/mol. The largest absolute Gasteiger partial charge is 0.560 e. The van der Waals surface area contributed by atoms with E-state index < -0.39 is 0 Å². The van der Waals surface area contributed by atoms with Crippen molar-refractivity contribution in [3.8, 4) is 5.75 Å². The topological polar surface area (TPSA) is 9.23 Å². The van der Waals surface area contributed by atoms with Crippen molar-refractivity contribution < 1.29 is 4.65 Å². The van der Waals surface area contributed by atoms with E-state index in [1.165, 1.54) is 11.1 Å². The van der Waals surface area contributed by atoms with Gasteiger partial charge in [-0.3, -0.25) is 0 Å². The molecule has 1 heterocycles. The van der Waals surface area contributed by atoms with Gasteiger partial charge in [0.25, 0.3) is 0 Å². The predicted octanol–water partition coefficient (Wildman–Crippen LogP) is 2.27. The Kier molecular flexibility index (Phi) is 2.22. The first kappa shape index (κ1) is 8.18. The number of rotatable bonds is 0. The average molecular weight is 170 g/mol. The highest BCUT2D eigenvalue weighted by Gasteiger charge is 2.02. The summed E-state index contributed by atoms with van der Waals surface area (Å²) in [5.41, 5.74) is 2.44. The first-order valence-corrected chi connectivity index (χ1v) is 4.43. The minimum atomic E-state index is 0.647. The zero-order valence-corrected chi connectivity index (χ0v) is 7.66. The standard InChI is InChI=1S/C11H11BO/c1-9-10-5-2-3-8-12-13-11(9)7-4-6-10/h2-8,12H,1H3/b5-2-,8-3+. The molecule has 1 aromatic rings. The summed E-state index contributed by atoms with van der Waals surface area (Å²) in [7, 11) is 0.647. The zero-order valence-electron chi connectivity index (χ0n) is 7.66. The fraction of sp³-hybridized carbons (Fsp3) is 0.0909. The van der Waals surface area contributed by atoms with Crippen LogP contribution in [0.15, 0.2) is 36.3 Å². The van der Waals surface area contributed by atoms with E-state index in [1.54, 1.807) is 0 Å². The minimum absolute atomic E-state index is 0.647. The van der Waals surface area contributed by atoms with Gasteiger partial charge in [0.05, 0.1) is 0 Å². The Labute approximate surface area is 79.0 Å². The minimum Gasteiger partial charge on any atom is -0.560 e. The highest BCUT2D eigenvalue weighted by atomic mass is 16.4. The van der Waals surface area contributed by atoms with Gasteiger partial charge >= 0.3 is 7.48 Å². The molecule has 64 valence electrons. The van der Waals surface area contributed by atoms with E-state index in [-0.39, 0.29) is 0 Å². The molecule has 1 nitrogen and oxygen atoms in total. The molecular formula is C11H11BO. The van der Waals surface area contributed by atoms with Gasteiger partial charge in [0.1, 0.15) is 5.75 Å². The summed E-state index contributed by atoms with van der Waals surface area (Å²) >= 11 is 0. The van der Waals surface area contributed by atoms with Gasteiger partial charge in [0, 0.05) is 0 Å². The van der Waals surface area contributed by atoms with Crippen molar-refractivity contribution in [2.24, 2.45) is 0 Å². The second-order valence-electron chi connectivity index (χ2n) is 3.07. The molecule has 1 aliphatic rings. The fourth-order valence-electron chi connectivity index (χ4n) is 1.40. The zero-order chi connectivity index (χ0) is 9.10. The van der Waals surface area contributed by atoms with Gasteiger partial charge in [-0.1, -0.05) is 36.3 Å². The lowest BCUT2D eigenvalue weighted by Gasteiger charge is -2.08. The van der Waals surface area contributed by atoms with Crippen LogP contribution >= 0.6 is 0 Å². The summed E-state index contributed by atoms with van der Waals surface area (Å²) < 4.78 is 5.57. The second-order valence-corrected chi connectivity index (χ2v) is 3.07. The van der Waals surface area contributed by atoms with Crippen molar-refractivity contribution in [1.82, 2.24) is 0 Å². The van der Waals surface area contributed by atoms with Crippen molar-refractivity contribution in [2.75, 3.05) is 0 Å². The lowest BCUT2D eigenvalue weighted by atomic mass is 10.0. The van der Waals surface area contributed by atoms with Gasteiger partial charge < -0.3 is 4.65 Å². The van der Waals surface area contributed by atoms with E-state index in [9.17, 15) is 0 Å². The maximum absolute atomic E-state index is 5.57. The summed E-state index contributed by atoms with van der Waals surface area (Å²) in [6.07, 6.45) is 6.15. The molecule has 0 spiro atoms. The van der Waals surface area contributed by atoms with Crippen LogP contribution in [0.4, 0.5) is 0 Å². The van der Waals surface area contributed by atoms with E-state index >= 15 is 0 Å². The van der Waals surface area contributed by atoms with E-state index in [0.29, 0.717) is 7.48 Å². The van der Waals surface area contributed by atoms with Crippen molar-refractivity contribution >= 4 is 13.6 Å². The normalized spacial score (nSPS) is 18.5. The molecule has 0 amide bonds. The maximum atomic E-state index is 5.57. The fourth-order valence-corrected chi connectivity index (χ4v) is 1.40. The van der Waals surface area contributed by atoms with Crippen LogP contribution in [0.3, 0.4) is 0 Å². The van der Waals surface area contributed by atoms with Crippen molar-refractivity contribution in [1.29, 1.82) is 0 Å². The Bertz CT molecular complexity index is 366. The summed E-state index contributed by atoms with van der Waals surface area (Å²) in [5.74, 6) is 2.99. The van der Waals surface area contributed by atoms with Crippen LogP contribution in [0.2, 0.25) is 0 Å². The number of benzene rings is 1. The van der Waals surface area contributed by atoms with E-state index in [4.69, 9.17) is 4.65 Å². The molecule has 0 saturated carbocycles. The third kappa shape index (κ3) is 1.67. The summed E-state index contributed by atoms with van der Waals surface area (Å²) in [4.78, 5) is 0. The summed E-state index contributed by atoms with van der Waals surface area (Å²) in [6.45, 7) is 2.08. The van der Waals surface area contributed by atoms with Crippen LogP contribution in [0, 0.1) is 6.92 Å². The van der Waals surface area contributed by atoms with Crippen molar-refractivity contribution in [3.05, 3.63) is 47.5 Å². The predicted molar refractivity (Wildman–Crippen MR) is 57.1 cm³/mol. The van der Waals surface area contributed by atoms with Crippen LogP contribution < -0.4 is 4.65 Å². The molecule has 2 rings (SSSR count). The summed E-state index contributed by atoms with van der Waals surface area (Å²) in [5, 5.41) is 0. The molecule has 0 saturated heterocycles. The van der Waals surface area contributed by atoms with E-state index in [0.717, 1.165) is 5.75 Å². The van der Waals surface area contributed by atoms with Gasteiger partial charge in [0.2, 0.25) is 0 Å². The third-order valence-electron chi connectivity index (χ3n) is 2.18. The highest BCUT2D eigenvalue weighted by molar-refractivity contribution is 6.35. The molecule has 2 heteroatoms. The Morgan fingerprint density at radius 2 is 2.15 bits per heavy atom. The second kappa shape index (κ2) is 3.52. The first-order chi connectivity index (χ1) is 6.38. The number of allylic oxidation sites excluding steroid dienone is 2. The van der Waals surface area contributed by atoms with Crippen LogP contribution in [0.5, 0.6) is 5.75 Å². The highest BCUT2D eigenvalue weighted by Crippen LogP contribution is 2.22.